The first kappa shape index (κ1) is 16.9. The normalized spacial score (nSPS) is 10.8. The van der Waals surface area contributed by atoms with E-state index < -0.39 is 0 Å². The van der Waals surface area contributed by atoms with Crippen molar-refractivity contribution in [1.82, 2.24) is 15.0 Å². The van der Waals surface area contributed by atoms with Crippen LogP contribution in [0.3, 0.4) is 0 Å². The van der Waals surface area contributed by atoms with Crippen molar-refractivity contribution in [2.45, 2.75) is 26.4 Å². The third-order valence-electron chi connectivity index (χ3n) is 2.00. The Kier molecular flexibility index (Phi) is 8.17. The van der Waals surface area contributed by atoms with E-state index in [1.54, 1.807) is 7.11 Å². The van der Waals surface area contributed by atoms with Gasteiger partial charge in [-0.15, -0.1) is 4.98 Å². The van der Waals surface area contributed by atoms with Gasteiger partial charge in [-0.2, -0.15) is 9.97 Å². The number of hydrogen-bond acceptors (Lipinski definition) is 7. The second-order valence-corrected chi connectivity index (χ2v) is 4.48. The fourth-order valence-corrected chi connectivity index (χ4v) is 1.39. The van der Waals surface area contributed by atoms with Gasteiger partial charge in [0.2, 0.25) is 5.28 Å². The van der Waals surface area contributed by atoms with Gasteiger partial charge in [0, 0.05) is 20.3 Å². The van der Waals surface area contributed by atoms with E-state index in [1.807, 2.05) is 13.8 Å². The molecule has 1 aromatic heterocycles. The zero-order valence-electron chi connectivity index (χ0n) is 12.0. The van der Waals surface area contributed by atoms with Crippen LogP contribution in [0.2, 0.25) is 5.28 Å². The molecule has 0 fully saturated rings. The lowest BCUT2D eigenvalue weighted by Gasteiger charge is -2.09. The van der Waals surface area contributed by atoms with Gasteiger partial charge < -0.3 is 18.9 Å². The molecule has 0 aliphatic heterocycles. The van der Waals surface area contributed by atoms with Crippen molar-refractivity contribution in [1.29, 1.82) is 0 Å². The first-order valence-corrected chi connectivity index (χ1v) is 6.77. The fourth-order valence-electron chi connectivity index (χ4n) is 1.24. The fraction of sp³-hybridized carbons (Fsp3) is 0.750. The molecule has 0 amide bonds. The molecule has 8 heteroatoms. The minimum absolute atomic E-state index is 0.0339. The second kappa shape index (κ2) is 9.68. The number of rotatable bonds is 10. The van der Waals surface area contributed by atoms with Gasteiger partial charge in [-0.1, -0.05) is 0 Å². The predicted molar refractivity (Wildman–Crippen MR) is 73.4 cm³/mol. The summed E-state index contributed by atoms with van der Waals surface area (Å²) in [6.45, 7) is 5.80. The largest absolute Gasteiger partial charge is 0.461 e. The van der Waals surface area contributed by atoms with Gasteiger partial charge in [0.1, 0.15) is 6.61 Å². The topological polar surface area (TPSA) is 75.6 Å². The Hall–Kier alpha value is -1.18. The smallest absolute Gasteiger partial charge is 0.324 e. The van der Waals surface area contributed by atoms with Gasteiger partial charge in [-0.25, -0.2) is 0 Å². The van der Waals surface area contributed by atoms with Crippen LogP contribution in [0, 0.1) is 0 Å². The highest BCUT2D eigenvalue weighted by Crippen LogP contribution is 2.13. The van der Waals surface area contributed by atoms with Gasteiger partial charge in [0.05, 0.1) is 12.7 Å². The monoisotopic (exact) mass is 305 g/mol. The van der Waals surface area contributed by atoms with Crippen LogP contribution in [0.1, 0.15) is 20.3 Å². The molecule has 0 saturated carbocycles. The van der Waals surface area contributed by atoms with E-state index in [-0.39, 0.29) is 23.4 Å². The average Bonchev–Trinajstić information content (AvgIpc) is 2.36. The lowest BCUT2D eigenvalue weighted by Crippen LogP contribution is -2.12. The van der Waals surface area contributed by atoms with E-state index in [4.69, 9.17) is 30.5 Å². The number of hydrogen-bond donors (Lipinski definition) is 0. The summed E-state index contributed by atoms with van der Waals surface area (Å²) in [4.78, 5) is 11.7. The standard InChI is InChI=1S/C12H20ClN3O4/c1-9(2)20-12-15-10(13)14-11(16-12)19-8-7-18-6-4-5-17-3/h9H,4-8H2,1-3H3. The molecule has 0 aliphatic carbocycles. The zero-order chi connectivity index (χ0) is 14.8. The van der Waals surface area contributed by atoms with Gasteiger partial charge >= 0.3 is 12.0 Å². The van der Waals surface area contributed by atoms with Crippen molar-refractivity contribution in [3.8, 4) is 12.0 Å². The third-order valence-corrected chi connectivity index (χ3v) is 2.17. The highest BCUT2D eigenvalue weighted by molar-refractivity contribution is 6.28. The van der Waals surface area contributed by atoms with Gasteiger partial charge in [-0.05, 0) is 31.9 Å². The Bertz CT molecular complexity index is 393. The van der Waals surface area contributed by atoms with Crippen LogP contribution in [-0.2, 0) is 9.47 Å². The summed E-state index contributed by atoms with van der Waals surface area (Å²) in [5, 5.41) is 0.0339. The maximum absolute atomic E-state index is 5.76. The lowest BCUT2D eigenvalue weighted by molar-refractivity contribution is 0.0777. The first-order valence-electron chi connectivity index (χ1n) is 6.39. The third kappa shape index (κ3) is 7.42. The molecular formula is C12H20ClN3O4. The summed E-state index contributed by atoms with van der Waals surface area (Å²) >= 11 is 5.76. The zero-order valence-corrected chi connectivity index (χ0v) is 12.7. The van der Waals surface area contributed by atoms with E-state index in [0.717, 1.165) is 6.42 Å². The van der Waals surface area contributed by atoms with Crippen molar-refractivity contribution >= 4 is 11.6 Å². The molecule has 1 heterocycles. The Balaban J connectivity index is 2.30. The molecular weight excluding hydrogens is 286 g/mol. The van der Waals surface area contributed by atoms with E-state index in [1.165, 1.54) is 0 Å². The average molecular weight is 306 g/mol. The molecule has 20 heavy (non-hydrogen) atoms. The van der Waals surface area contributed by atoms with E-state index in [9.17, 15) is 0 Å². The quantitative estimate of drug-likeness (QED) is 0.609. The Morgan fingerprint density at radius 2 is 1.75 bits per heavy atom. The molecule has 0 atom stereocenters. The van der Waals surface area contributed by atoms with Crippen molar-refractivity contribution in [2.75, 3.05) is 33.5 Å². The minimum Gasteiger partial charge on any atom is -0.461 e. The molecule has 0 aliphatic rings. The van der Waals surface area contributed by atoms with Crippen LogP contribution in [0.5, 0.6) is 12.0 Å². The molecule has 0 saturated heterocycles. The number of ether oxygens (including phenoxy) is 4. The van der Waals surface area contributed by atoms with Crippen molar-refractivity contribution in [3.63, 3.8) is 0 Å². The second-order valence-electron chi connectivity index (χ2n) is 4.14. The van der Waals surface area contributed by atoms with Crippen molar-refractivity contribution in [3.05, 3.63) is 5.28 Å². The summed E-state index contributed by atoms with van der Waals surface area (Å²) in [6.07, 6.45) is 0.797. The molecule has 0 spiro atoms. The number of nitrogens with zero attached hydrogens (tertiary/aromatic N) is 3. The number of aromatic nitrogens is 3. The SMILES string of the molecule is COCCCOCCOc1nc(Cl)nc(OC(C)C)n1. The minimum atomic E-state index is -0.0505. The van der Waals surface area contributed by atoms with E-state index in [2.05, 4.69) is 15.0 Å². The van der Waals surface area contributed by atoms with Gasteiger partial charge in [-0.3, -0.25) is 0 Å². The van der Waals surface area contributed by atoms with Gasteiger partial charge in [0.25, 0.3) is 0 Å². The molecule has 0 radical (unpaired) electrons. The molecule has 0 aromatic carbocycles. The van der Waals surface area contributed by atoms with Crippen LogP contribution in [0.4, 0.5) is 0 Å². The van der Waals surface area contributed by atoms with Crippen LogP contribution in [0.15, 0.2) is 0 Å². The van der Waals surface area contributed by atoms with Crippen LogP contribution in [-0.4, -0.2) is 54.6 Å². The molecule has 1 aromatic rings. The van der Waals surface area contributed by atoms with Crippen LogP contribution >= 0.6 is 11.6 Å². The number of halogens is 1. The summed E-state index contributed by atoms with van der Waals surface area (Å²) in [6, 6.07) is 0.275. The Labute approximate surface area is 123 Å². The van der Waals surface area contributed by atoms with Crippen molar-refractivity contribution < 1.29 is 18.9 Å². The predicted octanol–water partition coefficient (Wildman–Crippen LogP) is 1.74. The summed E-state index contributed by atoms with van der Waals surface area (Å²) in [7, 11) is 1.66. The molecule has 114 valence electrons. The lowest BCUT2D eigenvalue weighted by atomic mass is 10.5. The summed E-state index contributed by atoms with van der Waals surface area (Å²) < 4.78 is 20.9. The Morgan fingerprint density at radius 3 is 2.45 bits per heavy atom. The summed E-state index contributed by atoms with van der Waals surface area (Å²) in [5.41, 5.74) is 0. The first-order chi connectivity index (χ1) is 9.61. The molecule has 0 unspecified atom stereocenters. The van der Waals surface area contributed by atoms with E-state index >= 15 is 0 Å². The molecule has 0 N–H and O–H groups in total. The van der Waals surface area contributed by atoms with Gasteiger partial charge in [0.15, 0.2) is 0 Å². The maximum atomic E-state index is 5.76. The summed E-state index contributed by atoms with van der Waals surface area (Å²) in [5.74, 6) is 0. The van der Waals surface area contributed by atoms with Crippen LogP contribution < -0.4 is 9.47 Å². The highest BCUT2D eigenvalue weighted by Gasteiger charge is 2.08. The van der Waals surface area contributed by atoms with Crippen LogP contribution in [0.25, 0.3) is 0 Å². The van der Waals surface area contributed by atoms with Crippen molar-refractivity contribution in [2.24, 2.45) is 0 Å². The highest BCUT2D eigenvalue weighted by atomic mass is 35.5. The maximum Gasteiger partial charge on any atom is 0.324 e. The van der Waals surface area contributed by atoms with E-state index in [0.29, 0.717) is 26.4 Å². The molecule has 7 nitrogen and oxygen atoms in total. The molecule has 0 bridgehead atoms. The number of methoxy groups -OCH3 is 1. The Morgan fingerprint density at radius 1 is 1.00 bits per heavy atom. The molecule has 1 rings (SSSR count).